The molecule has 2 heterocycles. The molecule has 0 saturated carbocycles. The summed E-state index contributed by atoms with van der Waals surface area (Å²) >= 11 is 0. The fourth-order valence-corrected chi connectivity index (χ4v) is 2.40. The number of hydrogen-bond donors (Lipinski definition) is 1. The molecule has 90 valence electrons. The van der Waals surface area contributed by atoms with Gasteiger partial charge in [-0.05, 0) is 13.0 Å². The number of oxime groups is 1. The third-order valence-corrected chi connectivity index (χ3v) is 3.39. The molecule has 0 unspecified atom stereocenters. The van der Waals surface area contributed by atoms with Crippen LogP contribution in [0.2, 0.25) is 0 Å². The lowest BCUT2D eigenvalue weighted by molar-refractivity contribution is -0.129. The number of aliphatic carboxylic acids is 1. The van der Waals surface area contributed by atoms with E-state index in [9.17, 15) is 4.79 Å². The van der Waals surface area contributed by atoms with Gasteiger partial charge in [0.1, 0.15) is 5.60 Å². The molecule has 0 bridgehead atoms. The predicted molar refractivity (Wildman–Crippen MR) is 59.5 cm³/mol. The summed E-state index contributed by atoms with van der Waals surface area (Å²) in [6.07, 6.45) is 3.38. The Balaban J connectivity index is 1.88. The van der Waals surface area contributed by atoms with Gasteiger partial charge in [0.05, 0.1) is 0 Å². The third-order valence-electron chi connectivity index (χ3n) is 3.39. The molecule has 0 aromatic heterocycles. The Hall–Kier alpha value is -1.10. The first-order valence-corrected chi connectivity index (χ1v) is 5.86. The van der Waals surface area contributed by atoms with Gasteiger partial charge in [-0.25, -0.2) is 4.79 Å². The standard InChI is InChI=1S/C11H18N2O3/c1-2-5-13-6-3-11(4-7-13)8-9(10(14)15)12-16-11/h2-8H2,1H3,(H,14,15). The molecule has 2 rings (SSSR count). The summed E-state index contributed by atoms with van der Waals surface area (Å²) in [4.78, 5) is 18.5. The minimum Gasteiger partial charge on any atom is -0.477 e. The molecule has 0 atom stereocenters. The van der Waals surface area contributed by atoms with E-state index < -0.39 is 5.97 Å². The molecule has 0 aromatic rings. The van der Waals surface area contributed by atoms with Crippen LogP contribution in [-0.4, -0.2) is 46.9 Å². The molecule has 1 saturated heterocycles. The molecule has 5 nitrogen and oxygen atoms in total. The number of nitrogens with zero attached hydrogens (tertiary/aromatic N) is 2. The second-order valence-electron chi connectivity index (χ2n) is 4.64. The minimum atomic E-state index is -0.951. The lowest BCUT2D eigenvalue weighted by atomic mass is 9.87. The van der Waals surface area contributed by atoms with E-state index in [1.807, 2.05) is 0 Å². The largest absolute Gasteiger partial charge is 0.477 e. The Morgan fingerprint density at radius 3 is 2.75 bits per heavy atom. The van der Waals surface area contributed by atoms with Crippen molar-refractivity contribution in [3.63, 3.8) is 0 Å². The summed E-state index contributed by atoms with van der Waals surface area (Å²) < 4.78 is 0. The predicted octanol–water partition coefficient (Wildman–Crippen LogP) is 1.09. The number of carbonyl (C=O) groups is 1. The van der Waals surface area contributed by atoms with E-state index in [4.69, 9.17) is 9.94 Å². The van der Waals surface area contributed by atoms with Crippen molar-refractivity contribution in [3.05, 3.63) is 0 Å². The normalized spacial score (nSPS) is 24.2. The van der Waals surface area contributed by atoms with Gasteiger partial charge < -0.3 is 14.8 Å². The molecule has 0 amide bonds. The van der Waals surface area contributed by atoms with Gasteiger partial charge in [0, 0.05) is 32.4 Å². The van der Waals surface area contributed by atoms with Crippen LogP contribution in [0, 0.1) is 0 Å². The van der Waals surface area contributed by atoms with E-state index in [0.29, 0.717) is 6.42 Å². The average molecular weight is 226 g/mol. The van der Waals surface area contributed by atoms with Gasteiger partial charge in [0.25, 0.3) is 0 Å². The number of hydrogen-bond acceptors (Lipinski definition) is 4. The minimum absolute atomic E-state index is 0.170. The number of carboxylic acids is 1. The molecule has 1 spiro atoms. The molecule has 2 aliphatic rings. The number of piperidine rings is 1. The zero-order chi connectivity index (χ0) is 11.6. The molecule has 1 N–H and O–H groups in total. The van der Waals surface area contributed by atoms with Gasteiger partial charge in [0.2, 0.25) is 0 Å². The van der Waals surface area contributed by atoms with Gasteiger partial charge in [-0.15, -0.1) is 0 Å². The second kappa shape index (κ2) is 4.41. The van der Waals surface area contributed by atoms with Crippen molar-refractivity contribution < 1.29 is 14.7 Å². The summed E-state index contributed by atoms with van der Waals surface area (Å²) in [6.45, 7) is 5.25. The molecular weight excluding hydrogens is 208 g/mol. The first kappa shape index (κ1) is 11.4. The van der Waals surface area contributed by atoms with E-state index in [-0.39, 0.29) is 11.3 Å². The third kappa shape index (κ3) is 2.19. The topological polar surface area (TPSA) is 62.1 Å². The Labute approximate surface area is 95.1 Å². The zero-order valence-corrected chi connectivity index (χ0v) is 9.61. The highest BCUT2D eigenvalue weighted by molar-refractivity contribution is 6.36. The molecule has 0 radical (unpaired) electrons. The smallest absolute Gasteiger partial charge is 0.353 e. The van der Waals surface area contributed by atoms with Crippen molar-refractivity contribution in [2.24, 2.45) is 5.16 Å². The maximum Gasteiger partial charge on any atom is 0.353 e. The Bertz CT molecular complexity index is 306. The molecule has 16 heavy (non-hydrogen) atoms. The quantitative estimate of drug-likeness (QED) is 0.782. The van der Waals surface area contributed by atoms with Gasteiger partial charge in [0.15, 0.2) is 5.71 Å². The van der Waals surface area contributed by atoms with Gasteiger partial charge in [-0.2, -0.15) is 0 Å². The maximum absolute atomic E-state index is 10.8. The summed E-state index contributed by atoms with van der Waals surface area (Å²) in [5, 5.41) is 12.5. The van der Waals surface area contributed by atoms with Gasteiger partial charge >= 0.3 is 5.97 Å². The van der Waals surface area contributed by atoms with Crippen LogP contribution < -0.4 is 0 Å². The van der Waals surface area contributed by atoms with Crippen LogP contribution in [-0.2, 0) is 9.63 Å². The number of rotatable bonds is 3. The van der Waals surface area contributed by atoms with E-state index >= 15 is 0 Å². The highest BCUT2D eigenvalue weighted by Gasteiger charge is 2.43. The maximum atomic E-state index is 10.8. The fourth-order valence-electron chi connectivity index (χ4n) is 2.40. The van der Waals surface area contributed by atoms with E-state index in [1.54, 1.807) is 0 Å². The summed E-state index contributed by atoms with van der Waals surface area (Å²) in [6, 6.07) is 0. The Morgan fingerprint density at radius 2 is 2.25 bits per heavy atom. The average Bonchev–Trinajstić information content (AvgIpc) is 2.67. The van der Waals surface area contributed by atoms with Crippen LogP contribution >= 0.6 is 0 Å². The van der Waals surface area contributed by atoms with Crippen molar-refractivity contribution in [2.75, 3.05) is 19.6 Å². The van der Waals surface area contributed by atoms with Crippen LogP contribution in [0.5, 0.6) is 0 Å². The summed E-state index contributed by atoms with van der Waals surface area (Å²) in [5.41, 5.74) is -0.151. The van der Waals surface area contributed by atoms with Crippen LogP contribution in [0.25, 0.3) is 0 Å². The van der Waals surface area contributed by atoms with Gasteiger partial charge in [-0.1, -0.05) is 12.1 Å². The Morgan fingerprint density at radius 1 is 1.56 bits per heavy atom. The number of carboxylic acid groups (broad SMARTS) is 1. The van der Waals surface area contributed by atoms with E-state index in [2.05, 4.69) is 17.0 Å². The second-order valence-corrected chi connectivity index (χ2v) is 4.64. The molecular formula is C11H18N2O3. The van der Waals surface area contributed by atoms with Crippen molar-refractivity contribution in [2.45, 2.75) is 38.2 Å². The fraction of sp³-hybridized carbons (Fsp3) is 0.818. The van der Waals surface area contributed by atoms with Gasteiger partial charge in [-0.3, -0.25) is 0 Å². The zero-order valence-electron chi connectivity index (χ0n) is 9.61. The SMILES string of the molecule is CCCN1CCC2(CC1)CC(C(=O)O)=NO2. The highest BCUT2D eigenvalue weighted by atomic mass is 16.7. The van der Waals surface area contributed by atoms with Crippen molar-refractivity contribution in [3.8, 4) is 0 Å². The molecule has 1 fully saturated rings. The molecule has 5 heteroatoms. The lowest BCUT2D eigenvalue weighted by Crippen LogP contribution is -2.45. The highest BCUT2D eigenvalue weighted by Crippen LogP contribution is 2.34. The van der Waals surface area contributed by atoms with Crippen molar-refractivity contribution in [1.29, 1.82) is 0 Å². The van der Waals surface area contributed by atoms with Crippen LogP contribution in [0.1, 0.15) is 32.6 Å². The van der Waals surface area contributed by atoms with Crippen LogP contribution in [0.4, 0.5) is 0 Å². The first-order valence-electron chi connectivity index (χ1n) is 5.86. The van der Waals surface area contributed by atoms with Crippen molar-refractivity contribution in [1.82, 2.24) is 4.90 Å². The molecule has 2 aliphatic heterocycles. The van der Waals surface area contributed by atoms with E-state index in [0.717, 1.165) is 38.9 Å². The van der Waals surface area contributed by atoms with Crippen LogP contribution in [0.15, 0.2) is 5.16 Å². The summed E-state index contributed by atoms with van der Waals surface area (Å²) in [5.74, 6) is -0.951. The summed E-state index contributed by atoms with van der Waals surface area (Å²) in [7, 11) is 0. The first-order chi connectivity index (χ1) is 7.65. The monoisotopic (exact) mass is 226 g/mol. The lowest BCUT2D eigenvalue weighted by Gasteiger charge is -2.36. The van der Waals surface area contributed by atoms with E-state index in [1.165, 1.54) is 0 Å². The molecule has 0 aliphatic carbocycles. The Kier molecular flexibility index (Phi) is 3.14. The number of likely N-dealkylation sites (tertiary alicyclic amines) is 1. The van der Waals surface area contributed by atoms with Crippen LogP contribution in [0.3, 0.4) is 0 Å². The van der Waals surface area contributed by atoms with Crippen molar-refractivity contribution >= 4 is 11.7 Å². The molecule has 0 aromatic carbocycles.